The Balaban J connectivity index is 2.14. The Morgan fingerprint density at radius 2 is 1.30 bits per heavy atom. The average molecular weight is 399 g/mol. The first kappa shape index (κ1) is 19.6. The molecule has 0 bridgehead atoms. The van der Waals surface area contributed by atoms with E-state index in [1.54, 1.807) is 24.3 Å². The summed E-state index contributed by atoms with van der Waals surface area (Å²) in [5.41, 5.74) is 2.51. The Hall–Kier alpha value is -2.19. The van der Waals surface area contributed by atoms with Gasteiger partial charge in [-0.1, -0.05) is 6.07 Å². The summed E-state index contributed by atoms with van der Waals surface area (Å²) in [6.45, 7) is 14.3. The van der Waals surface area contributed by atoms with Crippen molar-refractivity contribution in [3.63, 3.8) is 0 Å². The Bertz CT molecular complexity index is 950. The van der Waals surface area contributed by atoms with Crippen molar-refractivity contribution in [2.45, 2.75) is 46.2 Å². The van der Waals surface area contributed by atoms with E-state index in [9.17, 15) is 9.59 Å². The molecule has 0 N–H and O–H groups in total. The number of hydrogen-bond donors (Lipinski definition) is 0. The maximum Gasteiger partial charge on any atom is 0.242 e. The minimum Gasteiger partial charge on any atom is -0.544 e. The monoisotopic (exact) mass is 398 g/mol. The predicted molar refractivity (Wildman–Crippen MR) is 112 cm³/mol. The van der Waals surface area contributed by atoms with Crippen LogP contribution in [0.25, 0.3) is 0 Å². The lowest BCUT2D eigenvalue weighted by Gasteiger charge is -2.27. The molecular formula is C21H26O4Si2. The van der Waals surface area contributed by atoms with Crippen LogP contribution in [0.3, 0.4) is 0 Å². The number of ketones is 2. The molecule has 2 aromatic rings. The van der Waals surface area contributed by atoms with Crippen molar-refractivity contribution in [2.24, 2.45) is 0 Å². The highest BCUT2D eigenvalue weighted by Gasteiger charge is 2.35. The van der Waals surface area contributed by atoms with Crippen molar-refractivity contribution in [2.75, 3.05) is 0 Å². The second-order valence-electron chi connectivity index (χ2n) is 8.93. The van der Waals surface area contributed by atoms with E-state index < -0.39 is 16.6 Å². The summed E-state index contributed by atoms with van der Waals surface area (Å²) in [7, 11) is -3.76. The van der Waals surface area contributed by atoms with Gasteiger partial charge in [-0.15, -0.1) is 0 Å². The molecule has 0 atom stereocenters. The van der Waals surface area contributed by atoms with Crippen molar-refractivity contribution in [1.82, 2.24) is 0 Å². The minimum atomic E-state index is -1.95. The minimum absolute atomic E-state index is 0.152. The fraction of sp³-hybridized carbons (Fsp3) is 0.333. The quantitative estimate of drug-likeness (QED) is 0.567. The Labute approximate surface area is 162 Å². The fourth-order valence-electron chi connectivity index (χ4n) is 3.15. The summed E-state index contributed by atoms with van der Waals surface area (Å²) >= 11 is 0. The van der Waals surface area contributed by atoms with Crippen LogP contribution >= 0.6 is 0 Å². The highest BCUT2D eigenvalue weighted by molar-refractivity contribution is 6.70. The maximum absolute atomic E-state index is 13.3. The van der Waals surface area contributed by atoms with E-state index in [1.807, 2.05) is 13.0 Å². The molecule has 0 heterocycles. The molecule has 2 aromatic carbocycles. The van der Waals surface area contributed by atoms with Gasteiger partial charge in [0, 0.05) is 16.7 Å². The zero-order valence-corrected chi connectivity index (χ0v) is 19.0. The van der Waals surface area contributed by atoms with Crippen LogP contribution in [0.15, 0.2) is 30.3 Å². The van der Waals surface area contributed by atoms with Gasteiger partial charge in [-0.05, 0) is 76.0 Å². The van der Waals surface area contributed by atoms with Gasteiger partial charge in [0.15, 0.2) is 11.6 Å². The normalized spacial score (nSPS) is 13.9. The van der Waals surface area contributed by atoms with E-state index in [1.165, 1.54) is 0 Å². The molecule has 1 aliphatic rings. The third-order valence-corrected chi connectivity index (χ3v) is 5.80. The van der Waals surface area contributed by atoms with Gasteiger partial charge in [0.25, 0.3) is 0 Å². The van der Waals surface area contributed by atoms with E-state index in [-0.39, 0.29) is 11.6 Å². The van der Waals surface area contributed by atoms with E-state index in [4.69, 9.17) is 8.85 Å². The van der Waals surface area contributed by atoms with E-state index >= 15 is 0 Å². The number of rotatable bonds is 4. The van der Waals surface area contributed by atoms with Crippen LogP contribution in [0.4, 0.5) is 0 Å². The fourth-order valence-corrected chi connectivity index (χ4v) is 4.85. The summed E-state index contributed by atoms with van der Waals surface area (Å²) < 4.78 is 12.2. The third-order valence-electron chi connectivity index (χ3n) is 4.14. The lowest BCUT2D eigenvalue weighted by atomic mass is 9.82. The Kier molecular flexibility index (Phi) is 4.68. The predicted octanol–water partition coefficient (Wildman–Crippen LogP) is 5.20. The number of hydrogen-bond acceptors (Lipinski definition) is 4. The Morgan fingerprint density at radius 1 is 0.704 bits per heavy atom. The lowest BCUT2D eigenvalue weighted by Crippen LogP contribution is -2.32. The molecule has 0 saturated carbocycles. The first-order valence-corrected chi connectivity index (χ1v) is 15.9. The molecule has 3 rings (SSSR count). The molecule has 0 aliphatic heterocycles. The van der Waals surface area contributed by atoms with Gasteiger partial charge in [0.05, 0.1) is 5.56 Å². The van der Waals surface area contributed by atoms with Crippen molar-refractivity contribution in [3.8, 4) is 11.5 Å². The van der Waals surface area contributed by atoms with Crippen molar-refractivity contribution < 1.29 is 18.4 Å². The summed E-state index contributed by atoms with van der Waals surface area (Å²) in [5.74, 6) is 0.887. The second-order valence-corrected chi connectivity index (χ2v) is 17.8. The molecule has 6 heteroatoms. The van der Waals surface area contributed by atoms with Gasteiger partial charge in [-0.3, -0.25) is 9.59 Å². The van der Waals surface area contributed by atoms with Gasteiger partial charge in [0.2, 0.25) is 16.6 Å². The number of fused-ring (bicyclic) bond motifs is 2. The standard InChI is InChI=1S/C21H26O4Si2/c1-13-8-10-16-18(21(13)25-27(5,6)7)20(23)15-11-9-14(24-26(2,3)4)12-17(15)19(16)22/h8-12H,1-7H3. The van der Waals surface area contributed by atoms with Crippen LogP contribution in [0.5, 0.6) is 11.5 Å². The van der Waals surface area contributed by atoms with E-state index in [0.29, 0.717) is 33.8 Å². The van der Waals surface area contributed by atoms with Gasteiger partial charge in [-0.2, -0.15) is 0 Å². The average Bonchev–Trinajstić information content (AvgIpc) is 2.51. The van der Waals surface area contributed by atoms with Crippen LogP contribution in [-0.2, 0) is 0 Å². The van der Waals surface area contributed by atoms with Crippen LogP contribution in [0, 0.1) is 6.92 Å². The van der Waals surface area contributed by atoms with Crippen LogP contribution < -0.4 is 8.85 Å². The van der Waals surface area contributed by atoms with Crippen molar-refractivity contribution in [3.05, 3.63) is 58.1 Å². The molecule has 4 nitrogen and oxygen atoms in total. The molecule has 0 saturated heterocycles. The SMILES string of the molecule is Cc1ccc2c(c1O[Si](C)(C)C)C(=O)c1ccc(O[Si](C)(C)C)cc1C2=O. The van der Waals surface area contributed by atoms with Crippen molar-refractivity contribution in [1.29, 1.82) is 0 Å². The molecule has 0 radical (unpaired) electrons. The molecule has 1 aliphatic carbocycles. The topological polar surface area (TPSA) is 52.6 Å². The molecule has 0 amide bonds. The summed E-state index contributed by atoms with van der Waals surface area (Å²) in [5, 5.41) is 0. The molecule has 0 spiro atoms. The highest BCUT2D eigenvalue weighted by Crippen LogP contribution is 2.37. The number of carbonyl (C=O) groups is 2. The zero-order chi connectivity index (χ0) is 20.1. The second kappa shape index (κ2) is 6.46. The van der Waals surface area contributed by atoms with E-state index in [2.05, 4.69) is 39.3 Å². The van der Waals surface area contributed by atoms with Crippen LogP contribution in [0.1, 0.15) is 37.4 Å². The summed E-state index contributed by atoms with van der Waals surface area (Å²) in [4.78, 5) is 26.4. The van der Waals surface area contributed by atoms with Crippen LogP contribution in [0.2, 0.25) is 39.3 Å². The third kappa shape index (κ3) is 3.91. The largest absolute Gasteiger partial charge is 0.544 e. The number of carbonyl (C=O) groups excluding carboxylic acids is 2. The Morgan fingerprint density at radius 3 is 1.89 bits per heavy atom. The maximum atomic E-state index is 13.3. The van der Waals surface area contributed by atoms with Gasteiger partial charge >= 0.3 is 0 Å². The molecule has 0 unspecified atom stereocenters. The first-order valence-electron chi connectivity index (χ1n) is 9.12. The van der Waals surface area contributed by atoms with Crippen molar-refractivity contribution >= 4 is 28.2 Å². The lowest BCUT2D eigenvalue weighted by molar-refractivity contribution is 0.0977. The summed E-state index contributed by atoms with van der Waals surface area (Å²) in [6.07, 6.45) is 0. The first-order chi connectivity index (χ1) is 12.4. The highest BCUT2D eigenvalue weighted by atomic mass is 28.4. The van der Waals surface area contributed by atoms with E-state index in [0.717, 1.165) is 5.56 Å². The summed E-state index contributed by atoms with van der Waals surface area (Å²) in [6, 6.07) is 8.77. The molecule has 142 valence electrons. The zero-order valence-electron chi connectivity index (χ0n) is 17.0. The molecule has 0 fully saturated rings. The number of benzene rings is 2. The van der Waals surface area contributed by atoms with Gasteiger partial charge < -0.3 is 8.85 Å². The van der Waals surface area contributed by atoms with Gasteiger partial charge in [0.1, 0.15) is 11.5 Å². The molecule has 27 heavy (non-hydrogen) atoms. The van der Waals surface area contributed by atoms with Crippen LogP contribution in [-0.4, -0.2) is 28.2 Å². The number of aryl methyl sites for hydroxylation is 1. The van der Waals surface area contributed by atoms with Gasteiger partial charge in [-0.25, -0.2) is 0 Å². The molecule has 0 aromatic heterocycles. The smallest absolute Gasteiger partial charge is 0.242 e. The molecular weight excluding hydrogens is 372 g/mol.